The zero-order chi connectivity index (χ0) is 21.1. The number of hydrogen-bond acceptors (Lipinski definition) is 1. The zero-order valence-corrected chi connectivity index (χ0v) is 17.4. The quantitative estimate of drug-likeness (QED) is 0.325. The fraction of sp³-hybridized carbons (Fsp3) is 0.0333. The van der Waals surface area contributed by atoms with E-state index in [0.29, 0.717) is 0 Å². The molecule has 2 nitrogen and oxygen atoms in total. The van der Waals surface area contributed by atoms with Gasteiger partial charge in [0.15, 0.2) is 0 Å². The molecule has 1 unspecified atom stereocenters. The standard InChI is InChI=1S/C30H20N2/c1-2-10-20(11-3-1)30(27-16-8-9-19-31-27)23-14-6-4-12-21(23)28-24(30)17-18-26-29(28)22-13-5-7-15-25(22)32-26/h1-19,32H. The number of fused-ring (bicyclic) bond motifs is 7. The summed E-state index contributed by atoms with van der Waals surface area (Å²) in [5, 5.41) is 2.55. The molecule has 0 aliphatic heterocycles. The first-order chi connectivity index (χ1) is 15.9. The van der Waals surface area contributed by atoms with Crippen LogP contribution < -0.4 is 0 Å². The molecule has 2 aromatic heterocycles. The number of aromatic amines is 1. The molecule has 4 aromatic carbocycles. The predicted octanol–water partition coefficient (Wildman–Crippen LogP) is 7.08. The van der Waals surface area contributed by atoms with Gasteiger partial charge in [0.1, 0.15) is 0 Å². The molecule has 150 valence electrons. The van der Waals surface area contributed by atoms with Crippen molar-refractivity contribution in [1.82, 2.24) is 9.97 Å². The van der Waals surface area contributed by atoms with E-state index in [1.807, 2.05) is 12.3 Å². The summed E-state index contributed by atoms with van der Waals surface area (Å²) in [6, 6.07) is 39.0. The fourth-order valence-electron chi connectivity index (χ4n) is 5.71. The van der Waals surface area contributed by atoms with Gasteiger partial charge in [0.05, 0.1) is 11.1 Å². The first-order valence-corrected chi connectivity index (χ1v) is 11.0. The van der Waals surface area contributed by atoms with E-state index in [1.165, 1.54) is 49.6 Å². The monoisotopic (exact) mass is 408 g/mol. The lowest BCUT2D eigenvalue weighted by molar-refractivity contribution is 0.735. The van der Waals surface area contributed by atoms with Crippen molar-refractivity contribution in [2.45, 2.75) is 5.41 Å². The molecule has 1 atom stereocenters. The third-order valence-corrected chi connectivity index (χ3v) is 6.93. The Hall–Kier alpha value is -4.17. The highest BCUT2D eigenvalue weighted by Gasteiger charge is 2.47. The van der Waals surface area contributed by atoms with E-state index in [2.05, 4.69) is 108 Å². The summed E-state index contributed by atoms with van der Waals surface area (Å²) in [7, 11) is 0. The minimum Gasteiger partial charge on any atom is -0.354 e. The Labute approximate surface area is 186 Å². The van der Waals surface area contributed by atoms with Gasteiger partial charge in [0, 0.05) is 28.0 Å². The van der Waals surface area contributed by atoms with Crippen LogP contribution in [0.5, 0.6) is 0 Å². The number of H-pyrrole nitrogens is 1. The number of hydrogen-bond donors (Lipinski definition) is 1. The van der Waals surface area contributed by atoms with Gasteiger partial charge in [0.25, 0.3) is 0 Å². The average molecular weight is 409 g/mol. The lowest BCUT2D eigenvalue weighted by Crippen LogP contribution is -2.29. The molecule has 0 amide bonds. The molecule has 32 heavy (non-hydrogen) atoms. The second kappa shape index (κ2) is 6.41. The van der Waals surface area contributed by atoms with E-state index in [-0.39, 0.29) is 0 Å². The predicted molar refractivity (Wildman–Crippen MR) is 131 cm³/mol. The van der Waals surface area contributed by atoms with Crippen LogP contribution >= 0.6 is 0 Å². The number of aromatic nitrogens is 2. The van der Waals surface area contributed by atoms with Gasteiger partial charge >= 0.3 is 0 Å². The molecule has 0 saturated heterocycles. The Morgan fingerprint density at radius 2 is 1.38 bits per heavy atom. The summed E-state index contributed by atoms with van der Waals surface area (Å²) in [5.74, 6) is 0. The molecular weight excluding hydrogens is 388 g/mol. The third-order valence-electron chi connectivity index (χ3n) is 6.93. The topological polar surface area (TPSA) is 28.7 Å². The average Bonchev–Trinajstić information content (AvgIpc) is 3.39. The van der Waals surface area contributed by atoms with Gasteiger partial charge in [-0.05, 0) is 52.1 Å². The van der Waals surface area contributed by atoms with Gasteiger partial charge in [-0.3, -0.25) is 4.98 Å². The summed E-state index contributed by atoms with van der Waals surface area (Å²) < 4.78 is 0. The van der Waals surface area contributed by atoms with Gasteiger partial charge in [0.2, 0.25) is 0 Å². The molecule has 7 rings (SSSR count). The van der Waals surface area contributed by atoms with Crippen LogP contribution in [0.25, 0.3) is 32.9 Å². The van der Waals surface area contributed by atoms with Crippen molar-refractivity contribution < 1.29 is 0 Å². The number of nitrogens with zero attached hydrogens (tertiary/aromatic N) is 1. The minimum absolute atomic E-state index is 0.457. The lowest BCUT2D eigenvalue weighted by atomic mass is 9.70. The Morgan fingerprint density at radius 3 is 2.25 bits per heavy atom. The summed E-state index contributed by atoms with van der Waals surface area (Å²) in [6.45, 7) is 0. The van der Waals surface area contributed by atoms with E-state index in [0.717, 1.165) is 5.69 Å². The maximum Gasteiger partial charge on any atom is 0.0886 e. The molecule has 6 aromatic rings. The fourth-order valence-corrected chi connectivity index (χ4v) is 5.71. The summed E-state index contributed by atoms with van der Waals surface area (Å²) in [6.07, 6.45) is 1.91. The Morgan fingerprint density at radius 1 is 0.594 bits per heavy atom. The van der Waals surface area contributed by atoms with E-state index in [4.69, 9.17) is 4.98 Å². The molecule has 0 radical (unpaired) electrons. The van der Waals surface area contributed by atoms with Gasteiger partial charge in [-0.15, -0.1) is 0 Å². The van der Waals surface area contributed by atoms with Crippen molar-refractivity contribution in [3.63, 3.8) is 0 Å². The normalized spacial score (nSPS) is 16.9. The summed E-state index contributed by atoms with van der Waals surface area (Å²) >= 11 is 0. The van der Waals surface area contributed by atoms with Crippen molar-refractivity contribution in [1.29, 1.82) is 0 Å². The van der Waals surface area contributed by atoms with Gasteiger partial charge < -0.3 is 4.98 Å². The van der Waals surface area contributed by atoms with Crippen molar-refractivity contribution >= 4 is 21.8 Å². The van der Waals surface area contributed by atoms with Crippen molar-refractivity contribution in [3.8, 4) is 11.1 Å². The van der Waals surface area contributed by atoms with Crippen LogP contribution in [0.2, 0.25) is 0 Å². The highest BCUT2D eigenvalue weighted by atomic mass is 14.7. The lowest BCUT2D eigenvalue weighted by Gasteiger charge is -2.32. The molecule has 2 heteroatoms. The van der Waals surface area contributed by atoms with Gasteiger partial charge in [-0.1, -0.05) is 84.9 Å². The highest BCUT2D eigenvalue weighted by Crippen LogP contribution is 2.57. The number of pyridine rings is 1. The number of para-hydroxylation sites is 1. The molecule has 1 N–H and O–H groups in total. The second-order valence-electron chi connectivity index (χ2n) is 8.46. The highest BCUT2D eigenvalue weighted by molar-refractivity contribution is 6.17. The smallest absolute Gasteiger partial charge is 0.0886 e. The number of nitrogens with one attached hydrogen (secondary N) is 1. The zero-order valence-electron chi connectivity index (χ0n) is 17.4. The Balaban J connectivity index is 1.73. The molecule has 0 bridgehead atoms. The van der Waals surface area contributed by atoms with Crippen molar-refractivity contribution in [2.24, 2.45) is 0 Å². The van der Waals surface area contributed by atoms with Crippen molar-refractivity contribution in [2.75, 3.05) is 0 Å². The maximum atomic E-state index is 4.93. The van der Waals surface area contributed by atoms with Crippen LogP contribution in [-0.4, -0.2) is 9.97 Å². The molecule has 0 spiro atoms. The minimum atomic E-state index is -0.457. The van der Waals surface area contributed by atoms with Gasteiger partial charge in [-0.25, -0.2) is 0 Å². The first-order valence-electron chi connectivity index (χ1n) is 11.0. The second-order valence-corrected chi connectivity index (χ2v) is 8.46. The Bertz CT molecular complexity index is 1570. The molecular formula is C30H20N2. The van der Waals surface area contributed by atoms with Gasteiger partial charge in [-0.2, -0.15) is 0 Å². The van der Waals surface area contributed by atoms with Crippen LogP contribution in [-0.2, 0) is 5.41 Å². The molecule has 1 aliphatic carbocycles. The first kappa shape index (κ1) is 17.5. The van der Waals surface area contributed by atoms with Crippen LogP contribution in [0.1, 0.15) is 22.4 Å². The summed E-state index contributed by atoms with van der Waals surface area (Å²) in [5.41, 5.74) is 9.35. The largest absolute Gasteiger partial charge is 0.354 e. The van der Waals surface area contributed by atoms with E-state index < -0.39 is 5.41 Å². The molecule has 0 saturated carbocycles. The Kier molecular flexibility index (Phi) is 3.51. The van der Waals surface area contributed by atoms with E-state index in [1.54, 1.807) is 0 Å². The number of benzene rings is 4. The van der Waals surface area contributed by atoms with Crippen LogP contribution in [0.15, 0.2) is 115 Å². The molecule has 0 fully saturated rings. The van der Waals surface area contributed by atoms with E-state index in [9.17, 15) is 0 Å². The van der Waals surface area contributed by atoms with E-state index >= 15 is 0 Å². The van der Waals surface area contributed by atoms with Crippen LogP contribution in [0.4, 0.5) is 0 Å². The SMILES string of the molecule is c1ccc(C2(c3ccccn3)c3ccccc3-c3c2ccc2[nH]c4ccccc4c32)cc1. The summed E-state index contributed by atoms with van der Waals surface area (Å²) in [4.78, 5) is 8.56. The van der Waals surface area contributed by atoms with Crippen LogP contribution in [0.3, 0.4) is 0 Å². The maximum absolute atomic E-state index is 4.93. The molecule has 1 aliphatic rings. The third kappa shape index (κ3) is 2.11. The van der Waals surface area contributed by atoms with Crippen LogP contribution in [0, 0.1) is 0 Å². The molecule has 2 heterocycles. The number of rotatable bonds is 2. The van der Waals surface area contributed by atoms with Crippen molar-refractivity contribution in [3.05, 3.63) is 138 Å².